The van der Waals surface area contributed by atoms with Crippen molar-refractivity contribution in [2.45, 2.75) is 13.8 Å². The third kappa shape index (κ3) is 7.68. The number of aliphatic hydroxyl groups is 4. The van der Waals surface area contributed by atoms with Crippen LogP contribution in [-0.4, -0.2) is 46.9 Å². The second-order valence-electron chi connectivity index (χ2n) is 2.17. The van der Waals surface area contributed by atoms with Gasteiger partial charge in [-0.1, -0.05) is 0 Å². The first-order chi connectivity index (χ1) is 5.67. The summed E-state index contributed by atoms with van der Waals surface area (Å²) in [4.78, 5) is 0. The van der Waals surface area contributed by atoms with Gasteiger partial charge in [0.2, 0.25) is 0 Å². The van der Waals surface area contributed by atoms with Crippen molar-refractivity contribution in [3.8, 4) is 0 Å². The zero-order valence-electron chi connectivity index (χ0n) is 7.62. The monoisotopic (exact) mass is 178 g/mol. The molecular weight excluding hydrogens is 160 g/mol. The van der Waals surface area contributed by atoms with E-state index in [0.29, 0.717) is 11.1 Å². The topological polar surface area (TPSA) is 80.9 Å². The maximum Gasteiger partial charge on any atom is 0.0667 e. The minimum absolute atomic E-state index is 0.101. The van der Waals surface area contributed by atoms with Gasteiger partial charge in [-0.15, -0.1) is 0 Å². The minimum Gasteiger partial charge on any atom is -0.397 e. The van der Waals surface area contributed by atoms with Gasteiger partial charge in [-0.3, -0.25) is 0 Å². The van der Waals surface area contributed by atoms with Gasteiger partial charge in [-0.05, 0) is 25.0 Å². The Morgan fingerprint density at radius 1 is 0.917 bits per heavy atom. The van der Waals surface area contributed by atoms with Crippen molar-refractivity contribution in [2.24, 2.45) is 0 Å². The van der Waals surface area contributed by atoms with Gasteiger partial charge in [0, 0.05) is 6.61 Å². The van der Waals surface area contributed by atoms with Crippen molar-refractivity contribution in [3.63, 3.8) is 0 Å². The molecule has 0 saturated heterocycles. The van der Waals surface area contributed by atoms with Crippen LogP contribution in [0, 0.1) is 0 Å². The van der Waals surface area contributed by atoms with E-state index in [2.05, 4.69) is 0 Å². The highest BCUT2D eigenvalue weighted by molar-refractivity contribution is 5.12. The molecule has 0 aliphatic carbocycles. The van der Waals surface area contributed by atoms with Crippen LogP contribution >= 0.6 is 0 Å². The van der Waals surface area contributed by atoms with Crippen LogP contribution in [0.4, 0.5) is 0 Å². The Balaban J connectivity index is 0. The van der Waals surface area contributed by atoms with Crippen LogP contribution in [0.1, 0.15) is 13.8 Å². The third-order valence-corrected chi connectivity index (χ3v) is 1.22. The Labute approximate surface area is 72.8 Å². The lowest BCUT2D eigenvalue weighted by molar-refractivity contribution is 0.266. The Morgan fingerprint density at radius 2 is 1.25 bits per heavy atom. The predicted molar refractivity (Wildman–Crippen MR) is 46.7 cm³/mol. The van der Waals surface area contributed by atoms with Crippen LogP contribution in [0.25, 0.3) is 0 Å². The molecule has 0 rings (SSSR count). The lowest BCUT2D eigenvalue weighted by Crippen LogP contribution is -2.02. The van der Waals surface area contributed by atoms with E-state index in [1.54, 1.807) is 13.8 Å². The molecule has 0 aromatic carbocycles. The van der Waals surface area contributed by atoms with Crippen molar-refractivity contribution >= 4 is 0 Å². The molecule has 0 aromatic heterocycles. The van der Waals surface area contributed by atoms with Gasteiger partial charge in [0.1, 0.15) is 0 Å². The van der Waals surface area contributed by atoms with Crippen molar-refractivity contribution < 1.29 is 20.4 Å². The largest absolute Gasteiger partial charge is 0.397 e. The van der Waals surface area contributed by atoms with Gasteiger partial charge >= 0.3 is 0 Å². The van der Waals surface area contributed by atoms with Gasteiger partial charge in [-0.25, -0.2) is 0 Å². The standard InChI is InChI=1S/C6H12O3.C2H6O/c1-5(2-7)6(3-8)4-9;1-2-3/h7-9H,2-4H2,1H3;3H,2H2,1H3. The lowest BCUT2D eigenvalue weighted by atomic mass is 10.1. The molecule has 4 heteroatoms. The fourth-order valence-electron chi connectivity index (χ4n) is 0.432. The predicted octanol–water partition coefficient (Wildman–Crippen LogP) is -0.722. The van der Waals surface area contributed by atoms with Crippen LogP contribution in [0.3, 0.4) is 0 Å². The van der Waals surface area contributed by atoms with Crippen LogP contribution in [-0.2, 0) is 0 Å². The molecular formula is C8H18O4. The number of rotatable bonds is 3. The van der Waals surface area contributed by atoms with Gasteiger partial charge in [0.05, 0.1) is 19.8 Å². The quantitative estimate of drug-likeness (QED) is 0.430. The third-order valence-electron chi connectivity index (χ3n) is 1.22. The molecule has 0 unspecified atom stereocenters. The number of aliphatic hydroxyl groups excluding tert-OH is 4. The average Bonchev–Trinajstić information content (AvgIpc) is 2.08. The van der Waals surface area contributed by atoms with E-state index < -0.39 is 0 Å². The molecule has 4 N–H and O–H groups in total. The summed E-state index contributed by atoms with van der Waals surface area (Å²) < 4.78 is 0. The maximum atomic E-state index is 8.50. The summed E-state index contributed by atoms with van der Waals surface area (Å²) in [7, 11) is 0. The molecule has 0 saturated carbocycles. The lowest BCUT2D eigenvalue weighted by Gasteiger charge is -2.02. The van der Waals surface area contributed by atoms with Gasteiger partial charge in [0.25, 0.3) is 0 Å². The highest BCUT2D eigenvalue weighted by atomic mass is 16.3. The summed E-state index contributed by atoms with van der Waals surface area (Å²) in [5, 5.41) is 33.1. The molecule has 4 nitrogen and oxygen atoms in total. The summed E-state index contributed by atoms with van der Waals surface area (Å²) in [5.74, 6) is 0. The van der Waals surface area contributed by atoms with Gasteiger partial charge in [-0.2, -0.15) is 0 Å². The Bertz CT molecular complexity index is 114. The molecule has 0 aliphatic rings. The fourth-order valence-corrected chi connectivity index (χ4v) is 0.432. The summed E-state index contributed by atoms with van der Waals surface area (Å²) in [5.41, 5.74) is 1.14. The summed E-state index contributed by atoms with van der Waals surface area (Å²) in [6.45, 7) is 3.14. The normalized spacial score (nSPS) is 8.50. The van der Waals surface area contributed by atoms with E-state index in [0.717, 1.165) is 0 Å². The van der Waals surface area contributed by atoms with E-state index >= 15 is 0 Å². The van der Waals surface area contributed by atoms with Gasteiger partial charge in [0.15, 0.2) is 0 Å². The number of hydrogen-bond acceptors (Lipinski definition) is 4. The van der Waals surface area contributed by atoms with E-state index in [1.165, 1.54) is 0 Å². The Hall–Kier alpha value is -0.420. The smallest absolute Gasteiger partial charge is 0.0667 e. The van der Waals surface area contributed by atoms with Crippen LogP contribution in [0.15, 0.2) is 11.1 Å². The van der Waals surface area contributed by atoms with Crippen molar-refractivity contribution in [3.05, 3.63) is 11.1 Å². The molecule has 0 spiro atoms. The molecule has 74 valence electrons. The Morgan fingerprint density at radius 3 is 1.33 bits per heavy atom. The molecule has 12 heavy (non-hydrogen) atoms. The second kappa shape index (κ2) is 10.6. The summed E-state index contributed by atoms with van der Waals surface area (Å²) in [6, 6.07) is 0. The molecule has 0 radical (unpaired) electrons. The first-order valence-corrected chi connectivity index (χ1v) is 3.78. The second-order valence-corrected chi connectivity index (χ2v) is 2.17. The molecule has 0 amide bonds. The van der Waals surface area contributed by atoms with Crippen molar-refractivity contribution in [1.82, 2.24) is 0 Å². The van der Waals surface area contributed by atoms with Crippen molar-refractivity contribution in [2.75, 3.05) is 26.4 Å². The zero-order chi connectivity index (χ0) is 9.98. The summed E-state index contributed by atoms with van der Waals surface area (Å²) in [6.07, 6.45) is 0. The van der Waals surface area contributed by atoms with E-state index in [-0.39, 0.29) is 26.4 Å². The molecule has 0 aliphatic heterocycles. The SMILES string of the molecule is CC(CO)=C(CO)CO.CCO. The molecule has 0 aromatic rings. The highest BCUT2D eigenvalue weighted by Crippen LogP contribution is 1.99. The molecule has 0 atom stereocenters. The fraction of sp³-hybridized carbons (Fsp3) is 0.750. The van der Waals surface area contributed by atoms with Crippen molar-refractivity contribution in [1.29, 1.82) is 0 Å². The first-order valence-electron chi connectivity index (χ1n) is 3.78. The minimum atomic E-state index is -0.178. The van der Waals surface area contributed by atoms with Gasteiger partial charge < -0.3 is 20.4 Å². The molecule has 0 bridgehead atoms. The summed E-state index contributed by atoms with van der Waals surface area (Å²) >= 11 is 0. The highest BCUT2D eigenvalue weighted by Gasteiger charge is 1.96. The zero-order valence-corrected chi connectivity index (χ0v) is 7.62. The van der Waals surface area contributed by atoms with E-state index in [4.69, 9.17) is 20.4 Å². The average molecular weight is 178 g/mol. The number of hydrogen-bond donors (Lipinski definition) is 4. The van der Waals surface area contributed by atoms with Crippen LogP contribution < -0.4 is 0 Å². The molecule has 0 fully saturated rings. The van der Waals surface area contributed by atoms with E-state index in [9.17, 15) is 0 Å². The first kappa shape index (κ1) is 14.1. The van der Waals surface area contributed by atoms with Crippen LogP contribution in [0.2, 0.25) is 0 Å². The van der Waals surface area contributed by atoms with E-state index in [1.807, 2.05) is 0 Å². The Kier molecular flexibility index (Phi) is 12.5. The molecule has 0 heterocycles. The van der Waals surface area contributed by atoms with Crippen LogP contribution in [0.5, 0.6) is 0 Å². The maximum absolute atomic E-state index is 8.50.